The second kappa shape index (κ2) is 7.28. The lowest BCUT2D eigenvalue weighted by molar-refractivity contribution is 0.0983. The van der Waals surface area contributed by atoms with Crippen molar-refractivity contribution in [3.63, 3.8) is 0 Å². The van der Waals surface area contributed by atoms with Crippen LogP contribution in [0.5, 0.6) is 0 Å². The van der Waals surface area contributed by atoms with Crippen molar-refractivity contribution in [1.29, 1.82) is 0 Å². The van der Waals surface area contributed by atoms with Crippen LogP contribution in [0.25, 0.3) is 28.3 Å². The Morgan fingerprint density at radius 1 is 1.10 bits per heavy atom. The number of carbonyl (C=O) groups is 1. The highest BCUT2D eigenvalue weighted by Gasteiger charge is 2.19. The molecular weight excluding hydrogens is 399 g/mol. The standard InChI is InChI=1S/C22H17FN6O2/c1-13-24-21(14-3-5-15(23)6-4-14)22(28(13)2)18-7-8-20-25-16(12-29(20)26-18)11-19(30)17-9-10-31-27-17/h3-10,12H,11H2,1-2H3. The normalized spacial score (nSPS) is 11.3. The summed E-state index contributed by atoms with van der Waals surface area (Å²) < 4.78 is 21.7. The van der Waals surface area contributed by atoms with Crippen LogP contribution < -0.4 is 0 Å². The van der Waals surface area contributed by atoms with E-state index in [1.54, 1.807) is 22.8 Å². The lowest BCUT2D eigenvalue weighted by Gasteiger charge is -2.07. The van der Waals surface area contributed by atoms with Gasteiger partial charge in [0, 0.05) is 18.7 Å². The van der Waals surface area contributed by atoms with E-state index >= 15 is 0 Å². The van der Waals surface area contributed by atoms with Crippen LogP contribution in [0.2, 0.25) is 0 Å². The number of benzene rings is 1. The summed E-state index contributed by atoms with van der Waals surface area (Å²) in [5, 5.41) is 8.36. The minimum Gasteiger partial charge on any atom is -0.364 e. The number of nitrogens with zero attached hydrogens (tertiary/aromatic N) is 6. The first-order chi connectivity index (χ1) is 15.0. The van der Waals surface area contributed by atoms with Crippen LogP contribution in [-0.4, -0.2) is 35.1 Å². The highest BCUT2D eigenvalue weighted by molar-refractivity contribution is 5.95. The molecule has 5 rings (SSSR count). The number of fused-ring (bicyclic) bond motifs is 1. The maximum Gasteiger partial charge on any atom is 0.190 e. The van der Waals surface area contributed by atoms with Crippen LogP contribution in [0.15, 0.2) is 59.4 Å². The van der Waals surface area contributed by atoms with E-state index in [9.17, 15) is 9.18 Å². The lowest BCUT2D eigenvalue weighted by Crippen LogP contribution is -2.03. The molecule has 0 unspecified atom stereocenters. The molecule has 0 atom stereocenters. The first-order valence-electron chi connectivity index (χ1n) is 9.58. The predicted molar refractivity (Wildman–Crippen MR) is 110 cm³/mol. The fourth-order valence-electron chi connectivity index (χ4n) is 3.47. The van der Waals surface area contributed by atoms with Crippen molar-refractivity contribution in [2.75, 3.05) is 0 Å². The van der Waals surface area contributed by atoms with Gasteiger partial charge in [-0.1, -0.05) is 5.16 Å². The van der Waals surface area contributed by atoms with Gasteiger partial charge in [0.2, 0.25) is 0 Å². The molecule has 0 saturated carbocycles. The molecule has 4 heterocycles. The van der Waals surface area contributed by atoms with Crippen LogP contribution >= 0.6 is 0 Å². The molecule has 1 aromatic carbocycles. The highest BCUT2D eigenvalue weighted by Crippen LogP contribution is 2.31. The summed E-state index contributed by atoms with van der Waals surface area (Å²) in [6.45, 7) is 1.90. The second-order valence-corrected chi connectivity index (χ2v) is 7.16. The number of halogens is 1. The first-order valence-corrected chi connectivity index (χ1v) is 9.58. The molecular formula is C22H17FN6O2. The molecule has 0 spiro atoms. The average Bonchev–Trinajstić information content (AvgIpc) is 3.48. The van der Waals surface area contributed by atoms with Gasteiger partial charge < -0.3 is 9.09 Å². The molecule has 31 heavy (non-hydrogen) atoms. The van der Waals surface area contributed by atoms with Gasteiger partial charge in [0.15, 0.2) is 11.4 Å². The van der Waals surface area contributed by atoms with E-state index in [4.69, 9.17) is 4.52 Å². The Kier molecular flexibility index (Phi) is 4.43. The zero-order chi connectivity index (χ0) is 21.5. The highest BCUT2D eigenvalue weighted by atomic mass is 19.1. The van der Waals surface area contributed by atoms with E-state index in [-0.39, 0.29) is 23.7 Å². The predicted octanol–water partition coefficient (Wildman–Crippen LogP) is 3.66. The largest absolute Gasteiger partial charge is 0.364 e. The Morgan fingerprint density at radius 3 is 2.65 bits per heavy atom. The van der Waals surface area contributed by atoms with Crippen molar-refractivity contribution in [2.45, 2.75) is 13.3 Å². The molecule has 0 bridgehead atoms. The molecule has 9 heteroatoms. The Bertz CT molecular complexity index is 1400. The molecule has 0 aliphatic heterocycles. The third kappa shape index (κ3) is 3.39. The van der Waals surface area contributed by atoms with E-state index < -0.39 is 0 Å². The maximum atomic E-state index is 13.4. The van der Waals surface area contributed by atoms with Gasteiger partial charge in [0.05, 0.1) is 29.7 Å². The van der Waals surface area contributed by atoms with Crippen molar-refractivity contribution in [3.8, 4) is 22.6 Å². The molecule has 0 aliphatic rings. The number of aromatic nitrogens is 6. The number of hydrogen-bond acceptors (Lipinski definition) is 6. The smallest absolute Gasteiger partial charge is 0.190 e. The van der Waals surface area contributed by atoms with E-state index in [2.05, 4.69) is 20.2 Å². The number of carbonyl (C=O) groups excluding carboxylic acids is 1. The maximum absolute atomic E-state index is 13.4. The van der Waals surface area contributed by atoms with Gasteiger partial charge in [-0.15, -0.1) is 0 Å². The van der Waals surface area contributed by atoms with Crippen molar-refractivity contribution < 1.29 is 13.7 Å². The Hall–Kier alpha value is -4.14. The summed E-state index contributed by atoms with van der Waals surface area (Å²) in [7, 11) is 1.91. The molecule has 0 N–H and O–H groups in total. The number of hydrogen-bond donors (Lipinski definition) is 0. The lowest BCUT2D eigenvalue weighted by atomic mass is 10.1. The van der Waals surface area contributed by atoms with Gasteiger partial charge in [-0.2, -0.15) is 5.10 Å². The van der Waals surface area contributed by atoms with Gasteiger partial charge >= 0.3 is 0 Å². The summed E-state index contributed by atoms with van der Waals surface area (Å²) in [6.07, 6.45) is 3.17. The van der Waals surface area contributed by atoms with Crippen molar-refractivity contribution in [2.24, 2.45) is 7.05 Å². The van der Waals surface area contributed by atoms with Crippen LogP contribution in [0.1, 0.15) is 22.0 Å². The molecule has 8 nitrogen and oxygen atoms in total. The monoisotopic (exact) mass is 416 g/mol. The van der Waals surface area contributed by atoms with E-state index in [0.717, 1.165) is 17.1 Å². The fraction of sp³-hybridized carbons (Fsp3) is 0.136. The number of imidazole rings is 2. The number of Topliss-reactive ketones (excluding diaryl/α,β-unsaturated/α-hetero) is 1. The van der Waals surface area contributed by atoms with E-state index in [1.807, 2.05) is 30.7 Å². The number of ketones is 1. The molecule has 4 aromatic heterocycles. The second-order valence-electron chi connectivity index (χ2n) is 7.16. The van der Waals surface area contributed by atoms with Crippen LogP contribution in [-0.2, 0) is 13.5 Å². The molecule has 0 saturated heterocycles. The Balaban J connectivity index is 1.54. The summed E-state index contributed by atoms with van der Waals surface area (Å²) in [5.74, 6) is 0.322. The topological polar surface area (TPSA) is 91.1 Å². The summed E-state index contributed by atoms with van der Waals surface area (Å²) in [4.78, 5) is 21.4. The quantitative estimate of drug-likeness (QED) is 0.406. The van der Waals surface area contributed by atoms with Crippen molar-refractivity contribution in [3.05, 3.63) is 78.0 Å². The number of aryl methyl sites for hydroxylation is 1. The molecule has 0 amide bonds. The van der Waals surface area contributed by atoms with Gasteiger partial charge in [-0.25, -0.2) is 18.9 Å². The van der Waals surface area contributed by atoms with Crippen LogP contribution in [0, 0.1) is 12.7 Å². The van der Waals surface area contributed by atoms with Gasteiger partial charge in [0.1, 0.15) is 29.3 Å². The summed E-state index contributed by atoms with van der Waals surface area (Å²) >= 11 is 0. The fourth-order valence-corrected chi connectivity index (χ4v) is 3.47. The summed E-state index contributed by atoms with van der Waals surface area (Å²) in [6, 6.07) is 11.4. The van der Waals surface area contributed by atoms with Crippen molar-refractivity contribution >= 4 is 11.4 Å². The average molecular weight is 416 g/mol. The molecule has 5 aromatic rings. The SMILES string of the molecule is Cc1nc(-c2ccc(F)cc2)c(-c2ccc3nc(CC(=O)c4ccon4)cn3n2)n1C. The van der Waals surface area contributed by atoms with Gasteiger partial charge in [-0.05, 0) is 43.3 Å². The van der Waals surface area contributed by atoms with Crippen LogP contribution in [0.3, 0.4) is 0 Å². The van der Waals surface area contributed by atoms with E-state index in [1.165, 1.54) is 24.5 Å². The van der Waals surface area contributed by atoms with Gasteiger partial charge in [-0.3, -0.25) is 4.79 Å². The third-order valence-electron chi connectivity index (χ3n) is 5.11. The summed E-state index contributed by atoms with van der Waals surface area (Å²) in [5.41, 5.74) is 4.47. The minimum absolute atomic E-state index is 0.0941. The van der Waals surface area contributed by atoms with E-state index in [0.29, 0.717) is 22.7 Å². The molecule has 0 radical (unpaired) electrons. The molecule has 0 fully saturated rings. The first kappa shape index (κ1) is 18.9. The molecule has 154 valence electrons. The minimum atomic E-state index is -0.302. The Labute approximate surface area is 176 Å². The van der Waals surface area contributed by atoms with Crippen LogP contribution in [0.4, 0.5) is 4.39 Å². The molecule has 0 aliphatic carbocycles. The number of rotatable bonds is 5. The van der Waals surface area contributed by atoms with Crippen molar-refractivity contribution in [1.82, 2.24) is 29.3 Å². The zero-order valence-corrected chi connectivity index (χ0v) is 16.8. The third-order valence-corrected chi connectivity index (χ3v) is 5.11. The van der Waals surface area contributed by atoms with Gasteiger partial charge in [0.25, 0.3) is 0 Å². The Morgan fingerprint density at radius 2 is 1.90 bits per heavy atom. The zero-order valence-electron chi connectivity index (χ0n) is 16.8.